The maximum atomic E-state index is 6.72. The monoisotopic (exact) mass is 734 g/mol. The van der Waals surface area contributed by atoms with Crippen molar-refractivity contribution < 1.29 is 9.04 Å². The minimum atomic E-state index is 0.121. The van der Waals surface area contributed by atoms with Gasteiger partial charge in [-0.15, -0.1) is 0 Å². The summed E-state index contributed by atoms with van der Waals surface area (Å²) in [6.07, 6.45) is 0. The quantitative estimate of drug-likeness (QED) is 0.176. The van der Waals surface area contributed by atoms with Crippen LogP contribution in [0.25, 0.3) is 38.0 Å². The molecule has 10 heteroatoms. The van der Waals surface area contributed by atoms with Gasteiger partial charge in [0.15, 0.2) is 0 Å². The average molecular weight is 734 g/mol. The molecule has 10 rings (SSSR count). The van der Waals surface area contributed by atoms with Gasteiger partial charge in [0.1, 0.15) is 0 Å². The number of rotatable bonds is 0. The molecule has 0 amide bonds. The fraction of sp³-hybridized carbons (Fsp3) is 0. The van der Waals surface area contributed by atoms with Gasteiger partial charge in [-0.2, -0.15) is 0 Å². The van der Waals surface area contributed by atoms with E-state index in [1.165, 1.54) is 0 Å². The first-order valence-corrected chi connectivity index (χ1v) is 16.0. The molecule has 6 aromatic rings. The van der Waals surface area contributed by atoms with Gasteiger partial charge in [0, 0.05) is 0 Å². The summed E-state index contributed by atoms with van der Waals surface area (Å²) in [5, 5.41) is 5.86. The molecule has 6 bridgehead atoms. The van der Waals surface area contributed by atoms with Crippen molar-refractivity contribution in [2.75, 3.05) is 0 Å². The molecule has 0 saturated heterocycles. The Balaban J connectivity index is 1.52. The first kappa shape index (κ1) is 22.6. The van der Waals surface area contributed by atoms with E-state index in [-0.39, 0.29) is 26.1 Å². The first-order valence-electron chi connectivity index (χ1n) is 13.6. The minimum absolute atomic E-state index is 0.121. The van der Waals surface area contributed by atoms with E-state index >= 15 is 0 Å². The first-order chi connectivity index (χ1) is 20.7. The molecular weight excluding hydrogens is 717 g/mol. The van der Waals surface area contributed by atoms with Crippen LogP contribution >= 0.6 is 0 Å². The molecule has 0 atom stereocenters. The number of hydrogen-bond donors (Lipinski definition) is 0. The average Bonchev–Trinajstić information content (AvgIpc) is 3.72. The Bertz CT molecular complexity index is 2770. The van der Waals surface area contributed by atoms with Crippen molar-refractivity contribution >= 4 is 87.3 Å². The third kappa shape index (κ3) is 2.85. The van der Waals surface area contributed by atoms with Crippen LogP contribution in [0, 0.1) is 5.49 Å². The Kier molecular flexibility index (Phi) is 4.33. The molecule has 42 heavy (non-hydrogen) atoms. The molecule has 9 nitrogen and oxygen atoms in total. The van der Waals surface area contributed by atoms with Gasteiger partial charge in [0.2, 0.25) is 0 Å². The van der Waals surface area contributed by atoms with E-state index in [1.807, 2.05) is 60.7 Å². The summed E-state index contributed by atoms with van der Waals surface area (Å²) in [7, 11) is 0. The van der Waals surface area contributed by atoms with Crippen molar-refractivity contribution in [2.45, 2.75) is 0 Å². The van der Waals surface area contributed by atoms with Crippen LogP contribution in [0.4, 0.5) is 11.6 Å². The summed E-state index contributed by atoms with van der Waals surface area (Å²) in [4.78, 5) is 25.9. The Morgan fingerprint density at radius 3 is 1.88 bits per heavy atom. The molecule has 0 N–H and O–H groups in total. The summed E-state index contributed by atoms with van der Waals surface area (Å²) < 4.78 is 12.4. The molecule has 4 aliphatic heterocycles. The van der Waals surface area contributed by atoms with Crippen molar-refractivity contribution in [2.24, 2.45) is 20.0 Å². The topological polar surface area (TPSA) is 90.7 Å². The Hall–Kier alpha value is -5.04. The van der Waals surface area contributed by atoms with Gasteiger partial charge < -0.3 is 0 Å². The number of aliphatic imine (C=N–C) groups is 2. The van der Waals surface area contributed by atoms with Gasteiger partial charge in [-0.1, -0.05) is 0 Å². The van der Waals surface area contributed by atoms with Crippen LogP contribution in [0.2, 0.25) is 0 Å². The summed E-state index contributed by atoms with van der Waals surface area (Å²) in [5.74, 6) is 2.93. The van der Waals surface area contributed by atoms with E-state index < -0.39 is 0 Å². The number of amidine groups is 2. The van der Waals surface area contributed by atoms with Crippen LogP contribution in [0.1, 0.15) is 11.1 Å². The summed E-state index contributed by atoms with van der Waals surface area (Å²) >= 11 is 0.121. The third-order valence-electron chi connectivity index (χ3n) is 8.14. The second kappa shape index (κ2) is 8.04. The number of fused-ring (bicyclic) bond motifs is 15. The van der Waals surface area contributed by atoms with Gasteiger partial charge in [-0.05, 0) is 0 Å². The van der Waals surface area contributed by atoms with E-state index in [0.29, 0.717) is 33.8 Å². The Morgan fingerprint density at radius 2 is 1.14 bits per heavy atom. The van der Waals surface area contributed by atoms with Crippen LogP contribution in [0.5, 0.6) is 0 Å². The number of aromatic nitrogens is 4. The number of benzene rings is 4. The molecule has 0 saturated carbocycles. The number of nitrogens with zero attached hydrogens (tertiary/aromatic N) is 8. The van der Waals surface area contributed by atoms with Crippen LogP contribution in [-0.2, 0) is 0 Å². The van der Waals surface area contributed by atoms with E-state index in [2.05, 4.69) is 38.8 Å². The van der Waals surface area contributed by atoms with E-state index in [0.717, 1.165) is 55.1 Å². The van der Waals surface area contributed by atoms with Crippen molar-refractivity contribution in [3.8, 4) is 0 Å². The summed E-state index contributed by atoms with van der Waals surface area (Å²) in [6.45, 7) is 0. The fourth-order valence-corrected chi connectivity index (χ4v) is 8.09. The number of hydrogen-bond acceptors (Lipinski definition) is 6. The second-order valence-corrected chi connectivity index (χ2v) is 12.9. The van der Waals surface area contributed by atoms with Crippen molar-refractivity contribution in [1.29, 1.82) is 0 Å². The summed E-state index contributed by atoms with van der Waals surface area (Å²) in [6, 6.07) is 32.7. The zero-order valence-corrected chi connectivity index (χ0v) is 27.4. The molecule has 0 radical (unpaired) electrons. The predicted octanol–water partition coefficient (Wildman–Crippen LogP) is 3.80. The van der Waals surface area contributed by atoms with E-state index in [1.54, 1.807) is 8.99 Å². The molecule has 0 aliphatic carbocycles. The summed E-state index contributed by atoms with van der Waals surface area (Å²) in [5.41, 5.74) is 4.54. The molecule has 0 spiro atoms. The molecule has 2 aromatic heterocycles. The van der Waals surface area contributed by atoms with Gasteiger partial charge in [-0.25, -0.2) is 0 Å². The van der Waals surface area contributed by atoms with Crippen LogP contribution in [0.15, 0.2) is 122 Å². The predicted molar refractivity (Wildman–Crippen MR) is 160 cm³/mol. The van der Waals surface area contributed by atoms with Gasteiger partial charge in [0.05, 0.1) is 0 Å². The molecule has 193 valence electrons. The SMILES string of the molecule is [TlH][n]1c2c3ccccc3c1N=c1c3ccccc3c3nc4c5ccccc5c(n4o[n+]1=3)=NC1=NC(=N2)c2ccccc21. The van der Waals surface area contributed by atoms with E-state index in [9.17, 15) is 0 Å². The van der Waals surface area contributed by atoms with Crippen molar-refractivity contribution in [3.63, 3.8) is 0 Å². The standard InChI is InChI=1S/C32H16N8O.Tl.H/c1-3-11-19-17(9-1)25-33-26-18-10-2-4-12-20(18)28(35-26)37-30-22-14-6-8-16-24(22)32-38-31-23-15-7-5-13-21(23)29(36-27(19)34-25)39(31)41-40(30)32;;/h1-16H;;/q;+1;. The molecule has 6 heterocycles. The van der Waals surface area contributed by atoms with Gasteiger partial charge in [0.25, 0.3) is 0 Å². The molecule has 4 aromatic carbocycles. The van der Waals surface area contributed by atoms with Gasteiger partial charge >= 0.3 is 253 Å². The van der Waals surface area contributed by atoms with Crippen LogP contribution in [0.3, 0.4) is 0 Å². The van der Waals surface area contributed by atoms with Crippen molar-refractivity contribution in [3.05, 3.63) is 125 Å². The zero-order chi connectivity index (χ0) is 27.5. The van der Waals surface area contributed by atoms with Crippen LogP contribution in [-0.4, -0.2) is 49.7 Å². The molecule has 0 fully saturated rings. The van der Waals surface area contributed by atoms with Crippen molar-refractivity contribution in [1.82, 2.24) is 11.9 Å². The van der Waals surface area contributed by atoms with Gasteiger partial charge in [-0.3, -0.25) is 0 Å². The fourth-order valence-electron chi connectivity index (χ4n) is 6.21. The zero-order valence-electron chi connectivity index (χ0n) is 21.9. The molecular formula is C32H17N8OTl+. The molecule has 4 aliphatic rings. The maximum absolute atomic E-state index is 6.72. The molecule has 0 unspecified atom stereocenters. The van der Waals surface area contributed by atoms with E-state index in [4.69, 9.17) is 29.6 Å². The Labute approximate surface area is 251 Å². The Morgan fingerprint density at radius 1 is 0.571 bits per heavy atom. The normalized spacial score (nSPS) is 14.0. The third-order valence-corrected chi connectivity index (χ3v) is 10.5. The second-order valence-electron chi connectivity index (χ2n) is 10.4. The van der Waals surface area contributed by atoms with Crippen LogP contribution < -0.4 is 15.4 Å².